The minimum absolute atomic E-state index is 0.0329. The summed E-state index contributed by atoms with van der Waals surface area (Å²) in [7, 11) is 1.59. The number of rotatable bonds is 7. The van der Waals surface area contributed by atoms with Crippen LogP contribution in [-0.4, -0.2) is 30.0 Å². The molecule has 1 aromatic carbocycles. The maximum atomic E-state index is 12.3. The number of ketones is 1. The zero-order chi connectivity index (χ0) is 23.1. The van der Waals surface area contributed by atoms with Gasteiger partial charge in [0.15, 0.2) is 6.61 Å². The summed E-state index contributed by atoms with van der Waals surface area (Å²) in [4.78, 5) is 24.2. The fraction of sp³-hybridized carbons (Fsp3) is 0.217. The molecule has 158 valence electrons. The number of Topliss-reactive ketones (excluding diaryl/α,β-unsaturated/α-hetero) is 1. The van der Waals surface area contributed by atoms with E-state index in [1.807, 2.05) is 48.7 Å². The van der Waals surface area contributed by atoms with Crippen molar-refractivity contribution in [3.05, 3.63) is 64.1 Å². The molecule has 1 aromatic heterocycles. The molecule has 2 aromatic rings. The van der Waals surface area contributed by atoms with E-state index >= 15 is 0 Å². The molecule has 0 aliphatic rings. The Morgan fingerprint density at radius 1 is 1.16 bits per heavy atom. The van der Waals surface area contributed by atoms with Gasteiger partial charge in [-0.3, -0.25) is 4.79 Å². The van der Waals surface area contributed by atoms with Gasteiger partial charge < -0.3 is 19.8 Å². The van der Waals surface area contributed by atoms with Crippen molar-refractivity contribution in [1.29, 1.82) is 10.5 Å². The topological polar surface area (TPSA) is 131 Å². The molecular formula is C23H22N4O4. The molecule has 2 rings (SSSR count). The monoisotopic (exact) mass is 418 g/mol. The average Bonchev–Trinajstić information content (AvgIpc) is 3.03. The van der Waals surface area contributed by atoms with Crippen LogP contribution in [0, 0.1) is 36.5 Å². The number of nitrogens with two attached hydrogens (primary N) is 1. The first kappa shape index (κ1) is 23.0. The number of carbonyl (C=O) groups excluding carboxylic acids is 2. The Balaban J connectivity index is 2.27. The third-order valence-corrected chi connectivity index (χ3v) is 4.56. The normalized spacial score (nSPS) is 11.7. The van der Waals surface area contributed by atoms with E-state index in [2.05, 4.69) is 0 Å². The number of methoxy groups -OCH3 is 1. The molecule has 0 unspecified atom stereocenters. The van der Waals surface area contributed by atoms with Crippen molar-refractivity contribution in [2.45, 2.75) is 20.8 Å². The van der Waals surface area contributed by atoms with Crippen molar-refractivity contribution in [2.24, 2.45) is 5.73 Å². The number of carbonyl (C=O) groups is 2. The van der Waals surface area contributed by atoms with Crippen LogP contribution in [0.3, 0.4) is 0 Å². The SMILES string of the molecule is COc1ccc(-n2c(C)cc(C=C(C#N)C(=O)OCC(=O)C(C#N)=C(C)N)c2C)cc1. The molecule has 0 bridgehead atoms. The van der Waals surface area contributed by atoms with Gasteiger partial charge in [-0.25, -0.2) is 4.79 Å². The molecule has 0 aliphatic heterocycles. The predicted octanol–water partition coefficient (Wildman–Crippen LogP) is 2.88. The van der Waals surface area contributed by atoms with Crippen LogP contribution in [0.15, 0.2) is 47.2 Å². The quantitative estimate of drug-likeness (QED) is 0.415. The summed E-state index contributed by atoms with van der Waals surface area (Å²) in [6.07, 6.45) is 1.41. The van der Waals surface area contributed by atoms with Gasteiger partial charge in [-0.15, -0.1) is 0 Å². The maximum Gasteiger partial charge on any atom is 0.349 e. The Kier molecular flexibility index (Phi) is 7.38. The van der Waals surface area contributed by atoms with Crippen molar-refractivity contribution in [2.75, 3.05) is 13.7 Å². The Hall–Kier alpha value is -4.30. The van der Waals surface area contributed by atoms with Crippen LogP contribution >= 0.6 is 0 Å². The lowest BCUT2D eigenvalue weighted by Crippen LogP contribution is -2.18. The fourth-order valence-electron chi connectivity index (χ4n) is 3.01. The number of benzene rings is 1. The van der Waals surface area contributed by atoms with E-state index in [9.17, 15) is 14.9 Å². The molecule has 2 N–H and O–H groups in total. The number of esters is 1. The highest BCUT2D eigenvalue weighted by molar-refractivity contribution is 6.03. The van der Waals surface area contributed by atoms with Gasteiger partial charge in [0.05, 0.1) is 7.11 Å². The summed E-state index contributed by atoms with van der Waals surface area (Å²) in [5.41, 5.74) is 8.21. The maximum absolute atomic E-state index is 12.3. The molecule has 1 heterocycles. The lowest BCUT2D eigenvalue weighted by molar-refractivity contribution is -0.142. The predicted molar refractivity (Wildman–Crippen MR) is 114 cm³/mol. The highest BCUT2D eigenvalue weighted by atomic mass is 16.5. The van der Waals surface area contributed by atoms with Crippen LogP contribution in [0.5, 0.6) is 5.75 Å². The number of ether oxygens (including phenoxy) is 2. The van der Waals surface area contributed by atoms with Crippen molar-refractivity contribution < 1.29 is 19.1 Å². The van der Waals surface area contributed by atoms with Gasteiger partial charge >= 0.3 is 5.97 Å². The summed E-state index contributed by atoms with van der Waals surface area (Å²) in [5, 5.41) is 18.3. The zero-order valence-corrected chi connectivity index (χ0v) is 17.7. The third kappa shape index (κ3) is 5.20. The van der Waals surface area contributed by atoms with Gasteiger partial charge in [0, 0.05) is 22.8 Å². The van der Waals surface area contributed by atoms with E-state index in [1.54, 1.807) is 19.2 Å². The number of aryl methyl sites for hydroxylation is 1. The first-order valence-electron chi connectivity index (χ1n) is 9.25. The molecule has 0 radical (unpaired) electrons. The smallest absolute Gasteiger partial charge is 0.349 e. The molecule has 0 fully saturated rings. The first-order chi connectivity index (χ1) is 14.7. The number of hydrogen-bond donors (Lipinski definition) is 1. The summed E-state index contributed by atoms with van der Waals surface area (Å²) >= 11 is 0. The lowest BCUT2D eigenvalue weighted by atomic mass is 10.1. The second-order valence-electron chi connectivity index (χ2n) is 6.70. The average molecular weight is 418 g/mol. The van der Waals surface area contributed by atoms with Crippen molar-refractivity contribution in [1.82, 2.24) is 4.57 Å². The largest absolute Gasteiger partial charge is 0.497 e. The zero-order valence-electron chi connectivity index (χ0n) is 17.7. The number of allylic oxidation sites excluding steroid dienone is 1. The highest BCUT2D eigenvalue weighted by Gasteiger charge is 2.18. The minimum atomic E-state index is -0.961. The van der Waals surface area contributed by atoms with Gasteiger partial charge in [0.25, 0.3) is 0 Å². The summed E-state index contributed by atoms with van der Waals surface area (Å²) in [6, 6.07) is 12.8. The highest BCUT2D eigenvalue weighted by Crippen LogP contribution is 2.24. The summed E-state index contributed by atoms with van der Waals surface area (Å²) < 4.78 is 12.1. The molecule has 8 nitrogen and oxygen atoms in total. The fourth-order valence-corrected chi connectivity index (χ4v) is 3.01. The Labute approximate surface area is 180 Å². The summed E-state index contributed by atoms with van der Waals surface area (Å²) in [5.74, 6) is -0.961. The number of nitriles is 2. The van der Waals surface area contributed by atoms with Gasteiger partial charge in [-0.2, -0.15) is 10.5 Å². The molecule has 0 saturated carbocycles. The third-order valence-electron chi connectivity index (χ3n) is 4.56. The van der Waals surface area contributed by atoms with E-state index < -0.39 is 18.4 Å². The van der Waals surface area contributed by atoms with E-state index in [1.165, 1.54) is 13.0 Å². The second-order valence-corrected chi connectivity index (χ2v) is 6.70. The standard InChI is InChI=1S/C23H22N4O4/c1-14-9-17(16(3)27(14)19-5-7-20(30-4)8-6-19)10-18(11-24)23(29)31-13-22(28)21(12-25)15(2)26/h5-10H,13,26H2,1-4H3. The van der Waals surface area contributed by atoms with Crippen LogP contribution in [0.2, 0.25) is 0 Å². The number of nitrogens with zero attached hydrogens (tertiary/aromatic N) is 3. The van der Waals surface area contributed by atoms with Gasteiger partial charge in [-0.05, 0) is 62.7 Å². The first-order valence-corrected chi connectivity index (χ1v) is 9.25. The van der Waals surface area contributed by atoms with E-state index in [-0.39, 0.29) is 16.8 Å². The van der Waals surface area contributed by atoms with Crippen LogP contribution in [0.1, 0.15) is 23.9 Å². The molecule has 8 heteroatoms. The molecule has 0 amide bonds. The molecule has 0 aliphatic carbocycles. The van der Waals surface area contributed by atoms with E-state index in [0.29, 0.717) is 5.56 Å². The Morgan fingerprint density at radius 3 is 2.32 bits per heavy atom. The van der Waals surface area contributed by atoms with Gasteiger partial charge in [-0.1, -0.05) is 0 Å². The Morgan fingerprint density at radius 2 is 1.81 bits per heavy atom. The van der Waals surface area contributed by atoms with Crippen LogP contribution in [-0.2, 0) is 14.3 Å². The molecule has 0 saturated heterocycles. The van der Waals surface area contributed by atoms with Crippen LogP contribution in [0.25, 0.3) is 11.8 Å². The van der Waals surface area contributed by atoms with E-state index in [0.717, 1.165) is 22.8 Å². The van der Waals surface area contributed by atoms with Crippen molar-refractivity contribution in [3.8, 4) is 23.6 Å². The van der Waals surface area contributed by atoms with E-state index in [4.69, 9.17) is 20.5 Å². The number of hydrogen-bond acceptors (Lipinski definition) is 7. The molecule has 0 atom stereocenters. The lowest BCUT2D eigenvalue weighted by Gasteiger charge is -2.10. The van der Waals surface area contributed by atoms with Crippen molar-refractivity contribution >= 4 is 17.8 Å². The second kappa shape index (κ2) is 9.95. The molecule has 0 spiro atoms. The van der Waals surface area contributed by atoms with Crippen LogP contribution < -0.4 is 10.5 Å². The Bertz CT molecular complexity index is 1150. The van der Waals surface area contributed by atoms with Gasteiger partial charge in [0.2, 0.25) is 5.78 Å². The minimum Gasteiger partial charge on any atom is -0.497 e. The summed E-state index contributed by atoms with van der Waals surface area (Å²) in [6.45, 7) is 4.49. The molecule has 31 heavy (non-hydrogen) atoms. The number of aromatic nitrogens is 1. The van der Waals surface area contributed by atoms with Crippen molar-refractivity contribution in [3.63, 3.8) is 0 Å². The van der Waals surface area contributed by atoms with Crippen LogP contribution in [0.4, 0.5) is 0 Å². The molecular weight excluding hydrogens is 396 g/mol. The van der Waals surface area contributed by atoms with Gasteiger partial charge in [0.1, 0.15) is 29.0 Å².